The Hall–Kier alpha value is -2.56. The number of rotatable bonds is 8. The Labute approximate surface area is 144 Å². The second kappa shape index (κ2) is 8.91. The lowest BCUT2D eigenvalue weighted by Crippen LogP contribution is -2.29. The van der Waals surface area contributed by atoms with E-state index in [-0.39, 0.29) is 12.5 Å². The molecule has 0 saturated carbocycles. The summed E-state index contributed by atoms with van der Waals surface area (Å²) in [6, 6.07) is 10.1. The smallest absolute Gasteiger partial charge is 0.239 e. The molecule has 1 aromatic carbocycles. The molecule has 0 bridgehead atoms. The molecular weight excluding hydrogens is 300 g/mol. The number of aromatic nitrogens is 1. The zero-order valence-corrected chi connectivity index (χ0v) is 14.7. The van der Waals surface area contributed by atoms with Gasteiger partial charge in [0.25, 0.3) is 0 Å². The lowest BCUT2D eigenvalue weighted by Gasteiger charge is -2.22. The number of nitrogens with one attached hydrogen (secondary N) is 2. The molecule has 0 aliphatic rings. The summed E-state index contributed by atoms with van der Waals surface area (Å²) in [5, 5.41) is 6.11. The summed E-state index contributed by atoms with van der Waals surface area (Å²) in [6.07, 6.45) is 3.45. The van der Waals surface area contributed by atoms with Crippen LogP contribution in [0.4, 0.5) is 11.4 Å². The average molecular weight is 326 g/mol. The van der Waals surface area contributed by atoms with E-state index >= 15 is 0 Å². The molecule has 2 rings (SSSR count). The van der Waals surface area contributed by atoms with Crippen molar-refractivity contribution in [2.45, 2.75) is 27.3 Å². The third-order valence-corrected chi connectivity index (χ3v) is 4.02. The quantitative estimate of drug-likeness (QED) is 0.783. The Kier molecular flexibility index (Phi) is 6.61. The van der Waals surface area contributed by atoms with Crippen LogP contribution in [0, 0.1) is 6.92 Å². The van der Waals surface area contributed by atoms with Crippen LogP contribution in [0.5, 0.6) is 0 Å². The van der Waals surface area contributed by atoms with Gasteiger partial charge < -0.3 is 15.5 Å². The standard InChI is InChI=1S/C19H26N4O/c1-4-23(5-2)17-6-7-18(15(3)12-17)21-14-19(24)22-13-16-8-10-20-11-9-16/h6-12,21H,4-5,13-14H2,1-3H3,(H,22,24). The Morgan fingerprint density at radius 1 is 1.12 bits per heavy atom. The van der Waals surface area contributed by atoms with Crippen LogP contribution in [0.25, 0.3) is 0 Å². The highest BCUT2D eigenvalue weighted by Gasteiger charge is 2.06. The molecule has 128 valence electrons. The van der Waals surface area contributed by atoms with Crippen LogP contribution in [0.15, 0.2) is 42.7 Å². The molecule has 0 radical (unpaired) electrons. The van der Waals surface area contributed by atoms with Crippen LogP contribution in [0.1, 0.15) is 25.0 Å². The summed E-state index contributed by atoms with van der Waals surface area (Å²) < 4.78 is 0. The van der Waals surface area contributed by atoms with Crippen LogP contribution in [0.2, 0.25) is 0 Å². The van der Waals surface area contributed by atoms with Gasteiger partial charge in [0.2, 0.25) is 5.91 Å². The number of pyridine rings is 1. The molecule has 0 atom stereocenters. The summed E-state index contributed by atoms with van der Waals surface area (Å²) in [5.41, 5.74) is 4.38. The number of carbonyl (C=O) groups excluding carboxylic acids is 1. The molecule has 5 heteroatoms. The Bertz CT molecular complexity index is 654. The second-order valence-electron chi connectivity index (χ2n) is 5.66. The van der Waals surface area contributed by atoms with Crippen LogP contribution in [0.3, 0.4) is 0 Å². The van der Waals surface area contributed by atoms with E-state index in [0.717, 1.165) is 29.9 Å². The fourth-order valence-corrected chi connectivity index (χ4v) is 2.57. The first-order chi connectivity index (χ1) is 11.6. The third kappa shape index (κ3) is 4.98. The molecule has 2 N–H and O–H groups in total. The maximum absolute atomic E-state index is 12.0. The maximum atomic E-state index is 12.0. The monoisotopic (exact) mass is 326 g/mol. The van der Waals surface area contributed by atoms with Crippen LogP contribution < -0.4 is 15.5 Å². The molecule has 0 aliphatic heterocycles. The largest absolute Gasteiger partial charge is 0.376 e. The minimum atomic E-state index is -0.0287. The number of hydrogen-bond acceptors (Lipinski definition) is 4. The average Bonchev–Trinajstić information content (AvgIpc) is 2.61. The van der Waals surface area contributed by atoms with E-state index in [1.54, 1.807) is 12.4 Å². The first-order valence-electron chi connectivity index (χ1n) is 8.39. The van der Waals surface area contributed by atoms with E-state index in [2.05, 4.69) is 53.4 Å². The lowest BCUT2D eigenvalue weighted by molar-refractivity contribution is -0.119. The van der Waals surface area contributed by atoms with Crippen molar-refractivity contribution in [1.82, 2.24) is 10.3 Å². The van der Waals surface area contributed by atoms with Gasteiger partial charge in [0, 0.05) is 43.4 Å². The van der Waals surface area contributed by atoms with Gasteiger partial charge in [0.1, 0.15) is 0 Å². The van der Waals surface area contributed by atoms with Crippen molar-refractivity contribution in [3.05, 3.63) is 53.9 Å². The Balaban J connectivity index is 1.86. The molecule has 1 amide bonds. The van der Waals surface area contributed by atoms with Gasteiger partial charge in [-0.3, -0.25) is 9.78 Å². The first-order valence-corrected chi connectivity index (χ1v) is 8.39. The SMILES string of the molecule is CCN(CC)c1ccc(NCC(=O)NCc2ccncc2)c(C)c1. The van der Waals surface area contributed by atoms with Gasteiger partial charge in [0.15, 0.2) is 0 Å². The fraction of sp³-hybridized carbons (Fsp3) is 0.368. The van der Waals surface area contributed by atoms with E-state index in [4.69, 9.17) is 0 Å². The molecule has 0 aliphatic carbocycles. The summed E-state index contributed by atoms with van der Waals surface area (Å²) in [6.45, 7) is 9.11. The molecule has 0 spiro atoms. The van der Waals surface area contributed by atoms with Gasteiger partial charge in [-0.05, 0) is 62.2 Å². The van der Waals surface area contributed by atoms with E-state index in [9.17, 15) is 4.79 Å². The zero-order valence-electron chi connectivity index (χ0n) is 14.7. The van der Waals surface area contributed by atoms with E-state index < -0.39 is 0 Å². The van der Waals surface area contributed by atoms with Gasteiger partial charge in [-0.25, -0.2) is 0 Å². The van der Waals surface area contributed by atoms with Crippen molar-refractivity contribution >= 4 is 17.3 Å². The Morgan fingerprint density at radius 2 is 1.83 bits per heavy atom. The van der Waals surface area contributed by atoms with Crippen LogP contribution in [-0.4, -0.2) is 30.5 Å². The van der Waals surface area contributed by atoms with Crippen molar-refractivity contribution in [3.8, 4) is 0 Å². The van der Waals surface area contributed by atoms with E-state index in [1.165, 1.54) is 5.69 Å². The number of carbonyl (C=O) groups is 1. The number of aryl methyl sites for hydroxylation is 1. The summed E-state index contributed by atoms with van der Waals surface area (Å²) in [7, 11) is 0. The Morgan fingerprint density at radius 3 is 2.46 bits per heavy atom. The maximum Gasteiger partial charge on any atom is 0.239 e. The van der Waals surface area contributed by atoms with Gasteiger partial charge in [-0.1, -0.05) is 0 Å². The van der Waals surface area contributed by atoms with Crippen molar-refractivity contribution in [2.24, 2.45) is 0 Å². The molecular formula is C19H26N4O. The predicted octanol–water partition coefficient (Wildman–Crippen LogP) is 2.96. The first kappa shape index (κ1) is 17.8. The number of amides is 1. The highest BCUT2D eigenvalue weighted by Crippen LogP contribution is 2.22. The molecule has 1 aromatic heterocycles. The molecule has 5 nitrogen and oxygen atoms in total. The predicted molar refractivity (Wildman–Crippen MR) is 99.3 cm³/mol. The fourth-order valence-electron chi connectivity index (χ4n) is 2.57. The second-order valence-corrected chi connectivity index (χ2v) is 5.66. The topological polar surface area (TPSA) is 57.3 Å². The van der Waals surface area contributed by atoms with Crippen molar-refractivity contribution in [3.63, 3.8) is 0 Å². The molecule has 0 unspecified atom stereocenters. The molecule has 0 saturated heterocycles. The molecule has 1 heterocycles. The zero-order chi connectivity index (χ0) is 17.4. The van der Waals surface area contributed by atoms with Gasteiger partial charge in [-0.15, -0.1) is 0 Å². The van der Waals surface area contributed by atoms with Crippen molar-refractivity contribution in [1.29, 1.82) is 0 Å². The van der Waals surface area contributed by atoms with Crippen molar-refractivity contribution < 1.29 is 4.79 Å². The summed E-state index contributed by atoms with van der Waals surface area (Å²) in [4.78, 5) is 18.2. The van der Waals surface area contributed by atoms with Crippen LogP contribution >= 0.6 is 0 Å². The normalized spacial score (nSPS) is 10.3. The minimum Gasteiger partial charge on any atom is -0.376 e. The van der Waals surface area contributed by atoms with Gasteiger partial charge in [0.05, 0.1) is 6.54 Å². The highest BCUT2D eigenvalue weighted by molar-refractivity contribution is 5.81. The molecule has 0 fully saturated rings. The molecule has 2 aromatic rings. The molecule has 24 heavy (non-hydrogen) atoms. The summed E-state index contributed by atoms with van der Waals surface area (Å²) >= 11 is 0. The van der Waals surface area contributed by atoms with E-state index in [0.29, 0.717) is 6.54 Å². The van der Waals surface area contributed by atoms with Gasteiger partial charge >= 0.3 is 0 Å². The highest BCUT2D eigenvalue weighted by atomic mass is 16.1. The lowest BCUT2D eigenvalue weighted by atomic mass is 10.1. The number of anilines is 2. The van der Waals surface area contributed by atoms with Gasteiger partial charge in [-0.2, -0.15) is 0 Å². The number of nitrogens with zero attached hydrogens (tertiary/aromatic N) is 2. The van der Waals surface area contributed by atoms with E-state index in [1.807, 2.05) is 18.2 Å². The summed E-state index contributed by atoms with van der Waals surface area (Å²) in [5.74, 6) is -0.0287. The van der Waals surface area contributed by atoms with Crippen molar-refractivity contribution in [2.75, 3.05) is 29.9 Å². The number of hydrogen-bond donors (Lipinski definition) is 2. The minimum absolute atomic E-state index is 0.0287. The van der Waals surface area contributed by atoms with Crippen LogP contribution in [-0.2, 0) is 11.3 Å². The number of benzene rings is 1. The third-order valence-electron chi connectivity index (χ3n) is 4.02.